The van der Waals surface area contributed by atoms with Crippen LogP contribution < -0.4 is 10.2 Å². The number of nitrogens with zero attached hydrogens (tertiary/aromatic N) is 1. The van der Waals surface area contributed by atoms with Gasteiger partial charge in [-0.25, -0.2) is 4.79 Å². The number of carbonyl (C=O) groups is 1. The molecule has 0 spiro atoms. The normalized spacial score (nSPS) is 14.9. The Balaban J connectivity index is 1.76. The van der Waals surface area contributed by atoms with E-state index in [-0.39, 0.29) is 12.1 Å². The fourth-order valence-electron chi connectivity index (χ4n) is 2.96. The average molecular weight is 380 g/mol. The molecule has 2 aromatic rings. The zero-order chi connectivity index (χ0) is 19.4. The number of carboxylic acids is 1. The van der Waals surface area contributed by atoms with Crippen LogP contribution in [0.2, 0.25) is 0 Å². The van der Waals surface area contributed by atoms with E-state index in [1.54, 1.807) is 18.2 Å². The first kappa shape index (κ1) is 19.0. The van der Waals surface area contributed by atoms with Gasteiger partial charge in [-0.1, -0.05) is 12.1 Å². The van der Waals surface area contributed by atoms with Gasteiger partial charge in [0, 0.05) is 25.3 Å². The SMILES string of the molecule is O=C(O)c1cc(NCc2cccc(C(F)(F)F)c2)ccc1N1CCOCC1. The van der Waals surface area contributed by atoms with E-state index in [4.69, 9.17) is 4.74 Å². The quantitative estimate of drug-likeness (QED) is 0.825. The highest BCUT2D eigenvalue weighted by atomic mass is 19.4. The number of hydrogen-bond acceptors (Lipinski definition) is 4. The minimum absolute atomic E-state index is 0.144. The molecule has 0 saturated carbocycles. The van der Waals surface area contributed by atoms with Crippen molar-refractivity contribution in [3.63, 3.8) is 0 Å². The summed E-state index contributed by atoms with van der Waals surface area (Å²) in [5, 5.41) is 12.5. The lowest BCUT2D eigenvalue weighted by atomic mass is 10.1. The summed E-state index contributed by atoms with van der Waals surface area (Å²) in [4.78, 5) is 13.6. The van der Waals surface area contributed by atoms with Crippen molar-refractivity contribution in [1.29, 1.82) is 0 Å². The third-order valence-electron chi connectivity index (χ3n) is 4.33. The molecule has 1 saturated heterocycles. The lowest BCUT2D eigenvalue weighted by Gasteiger charge is -2.30. The van der Waals surface area contributed by atoms with Crippen LogP contribution in [0.1, 0.15) is 21.5 Å². The van der Waals surface area contributed by atoms with E-state index in [1.165, 1.54) is 12.1 Å². The van der Waals surface area contributed by atoms with Crippen LogP contribution >= 0.6 is 0 Å². The highest BCUT2D eigenvalue weighted by Crippen LogP contribution is 2.30. The van der Waals surface area contributed by atoms with E-state index in [9.17, 15) is 23.1 Å². The highest BCUT2D eigenvalue weighted by Gasteiger charge is 2.30. The minimum Gasteiger partial charge on any atom is -0.478 e. The van der Waals surface area contributed by atoms with Crippen molar-refractivity contribution < 1.29 is 27.8 Å². The number of rotatable bonds is 5. The summed E-state index contributed by atoms with van der Waals surface area (Å²) in [5.41, 5.74) is 1.03. The van der Waals surface area contributed by atoms with Crippen molar-refractivity contribution >= 4 is 17.3 Å². The molecule has 0 radical (unpaired) electrons. The largest absolute Gasteiger partial charge is 0.478 e. The van der Waals surface area contributed by atoms with Gasteiger partial charge in [-0.2, -0.15) is 13.2 Å². The number of aromatic carboxylic acids is 1. The van der Waals surface area contributed by atoms with Crippen LogP contribution in [0.15, 0.2) is 42.5 Å². The molecule has 2 N–H and O–H groups in total. The first-order valence-electron chi connectivity index (χ1n) is 8.44. The van der Waals surface area contributed by atoms with Crippen LogP contribution in [0.5, 0.6) is 0 Å². The Labute approximate surface area is 154 Å². The van der Waals surface area contributed by atoms with Crippen LogP contribution in [0.25, 0.3) is 0 Å². The summed E-state index contributed by atoms with van der Waals surface area (Å²) in [6.45, 7) is 2.44. The first-order valence-corrected chi connectivity index (χ1v) is 8.44. The van der Waals surface area contributed by atoms with Crippen molar-refractivity contribution in [3.8, 4) is 0 Å². The van der Waals surface area contributed by atoms with Gasteiger partial charge in [-0.15, -0.1) is 0 Å². The molecule has 27 heavy (non-hydrogen) atoms. The van der Waals surface area contributed by atoms with Crippen molar-refractivity contribution in [2.45, 2.75) is 12.7 Å². The molecule has 1 aliphatic rings. The maximum atomic E-state index is 12.8. The van der Waals surface area contributed by atoms with Crippen LogP contribution in [0.3, 0.4) is 0 Å². The summed E-state index contributed by atoms with van der Waals surface area (Å²) in [7, 11) is 0. The van der Waals surface area contributed by atoms with E-state index in [2.05, 4.69) is 5.32 Å². The molecule has 1 aliphatic heterocycles. The molecule has 5 nitrogen and oxygen atoms in total. The van der Waals surface area contributed by atoms with Crippen molar-refractivity contribution in [1.82, 2.24) is 0 Å². The maximum absolute atomic E-state index is 12.8. The Kier molecular flexibility index (Phi) is 5.55. The molecule has 0 aliphatic carbocycles. The second-order valence-corrected chi connectivity index (χ2v) is 6.19. The molecule has 8 heteroatoms. The molecular weight excluding hydrogens is 361 g/mol. The van der Waals surface area contributed by atoms with Crippen molar-refractivity contribution in [3.05, 3.63) is 59.2 Å². The van der Waals surface area contributed by atoms with E-state index in [0.29, 0.717) is 43.2 Å². The molecule has 2 aromatic carbocycles. The van der Waals surface area contributed by atoms with Gasteiger partial charge in [0.05, 0.1) is 30.0 Å². The summed E-state index contributed by atoms with van der Waals surface area (Å²) < 4.78 is 43.7. The standard InChI is InChI=1S/C19H19F3N2O3/c20-19(21,22)14-3-1-2-13(10-14)12-23-15-4-5-17(16(11-15)18(25)26)24-6-8-27-9-7-24/h1-5,10-11,23H,6-9,12H2,(H,25,26). The number of morpholine rings is 1. The Morgan fingerprint density at radius 2 is 1.89 bits per heavy atom. The van der Waals surface area contributed by atoms with Crippen molar-refractivity contribution in [2.75, 3.05) is 36.5 Å². The second kappa shape index (κ2) is 7.87. The van der Waals surface area contributed by atoms with Gasteiger partial charge in [0.15, 0.2) is 0 Å². The molecule has 0 atom stereocenters. The van der Waals surface area contributed by atoms with E-state index >= 15 is 0 Å². The van der Waals surface area contributed by atoms with Crippen molar-refractivity contribution in [2.24, 2.45) is 0 Å². The predicted octanol–water partition coefficient (Wildman–Crippen LogP) is 3.85. The molecule has 1 heterocycles. The van der Waals surface area contributed by atoms with E-state index in [1.807, 2.05) is 4.90 Å². The summed E-state index contributed by atoms with van der Waals surface area (Å²) >= 11 is 0. The smallest absolute Gasteiger partial charge is 0.416 e. The fraction of sp³-hybridized carbons (Fsp3) is 0.316. The third-order valence-corrected chi connectivity index (χ3v) is 4.33. The number of hydrogen-bond donors (Lipinski definition) is 2. The molecule has 3 rings (SSSR count). The molecule has 1 fully saturated rings. The van der Waals surface area contributed by atoms with Gasteiger partial charge in [-0.05, 0) is 35.9 Å². The predicted molar refractivity (Wildman–Crippen MR) is 95.2 cm³/mol. The van der Waals surface area contributed by atoms with Gasteiger partial charge >= 0.3 is 12.1 Å². The molecule has 0 unspecified atom stereocenters. The number of benzene rings is 2. The Morgan fingerprint density at radius 3 is 2.56 bits per heavy atom. The molecule has 0 aromatic heterocycles. The lowest BCUT2D eigenvalue weighted by Crippen LogP contribution is -2.37. The summed E-state index contributed by atoms with van der Waals surface area (Å²) in [6.07, 6.45) is -4.40. The zero-order valence-corrected chi connectivity index (χ0v) is 14.4. The molecular formula is C19H19F3N2O3. The Morgan fingerprint density at radius 1 is 1.15 bits per heavy atom. The lowest BCUT2D eigenvalue weighted by molar-refractivity contribution is -0.137. The van der Waals surface area contributed by atoms with Gasteiger partial charge in [-0.3, -0.25) is 0 Å². The minimum atomic E-state index is -4.40. The number of ether oxygens (including phenoxy) is 1. The van der Waals surface area contributed by atoms with Gasteiger partial charge in [0.2, 0.25) is 0 Å². The third kappa shape index (κ3) is 4.71. The Bertz CT molecular complexity index is 818. The number of alkyl halides is 3. The van der Waals surface area contributed by atoms with Crippen LogP contribution in [-0.4, -0.2) is 37.4 Å². The van der Waals surface area contributed by atoms with Crippen LogP contribution in [-0.2, 0) is 17.5 Å². The van der Waals surface area contributed by atoms with E-state index in [0.717, 1.165) is 12.1 Å². The highest BCUT2D eigenvalue weighted by molar-refractivity contribution is 5.95. The second-order valence-electron chi connectivity index (χ2n) is 6.19. The fourth-order valence-corrected chi connectivity index (χ4v) is 2.96. The summed E-state index contributed by atoms with van der Waals surface area (Å²) in [5.74, 6) is -1.06. The van der Waals surface area contributed by atoms with Crippen LogP contribution in [0.4, 0.5) is 24.5 Å². The average Bonchev–Trinajstić information content (AvgIpc) is 2.66. The van der Waals surface area contributed by atoms with Crippen LogP contribution in [0, 0.1) is 0 Å². The van der Waals surface area contributed by atoms with E-state index < -0.39 is 17.7 Å². The van der Waals surface area contributed by atoms with Gasteiger partial charge < -0.3 is 20.1 Å². The number of anilines is 2. The number of halogens is 3. The first-order chi connectivity index (χ1) is 12.8. The zero-order valence-electron chi connectivity index (χ0n) is 14.4. The molecule has 0 bridgehead atoms. The molecule has 0 amide bonds. The summed E-state index contributed by atoms with van der Waals surface area (Å²) in [6, 6.07) is 9.97. The number of carboxylic acid groups (broad SMARTS) is 1. The number of nitrogens with one attached hydrogen (secondary N) is 1. The monoisotopic (exact) mass is 380 g/mol. The van der Waals surface area contributed by atoms with Gasteiger partial charge in [0.1, 0.15) is 0 Å². The van der Waals surface area contributed by atoms with Gasteiger partial charge in [0.25, 0.3) is 0 Å². The maximum Gasteiger partial charge on any atom is 0.416 e. The molecule has 144 valence electrons. The Hall–Kier alpha value is -2.74. The topological polar surface area (TPSA) is 61.8 Å².